The van der Waals surface area contributed by atoms with Crippen molar-refractivity contribution in [2.24, 2.45) is 11.1 Å². The van der Waals surface area contributed by atoms with Gasteiger partial charge in [0.25, 0.3) is 0 Å². The van der Waals surface area contributed by atoms with Crippen LogP contribution in [0.15, 0.2) is 5.18 Å². The molecule has 0 bridgehead atoms. The number of rotatable bonds is 4. The summed E-state index contributed by atoms with van der Waals surface area (Å²) in [6, 6.07) is 0. The van der Waals surface area contributed by atoms with E-state index in [0.29, 0.717) is 6.42 Å². The molecular formula is C5H9NO3. The van der Waals surface area contributed by atoms with Gasteiger partial charge in [-0.25, -0.2) is 0 Å². The number of hydrogen-bond donors (Lipinski definition) is 1. The molecule has 0 aromatic rings. The number of carbonyl (C=O) groups is 1. The van der Waals surface area contributed by atoms with E-state index in [1.165, 1.54) is 0 Å². The van der Waals surface area contributed by atoms with Crippen molar-refractivity contribution in [3.05, 3.63) is 4.91 Å². The van der Waals surface area contributed by atoms with Crippen molar-refractivity contribution < 1.29 is 9.90 Å². The first-order chi connectivity index (χ1) is 4.22. The number of aliphatic carboxylic acids is 1. The molecule has 9 heavy (non-hydrogen) atoms. The lowest BCUT2D eigenvalue weighted by Crippen LogP contribution is -2.15. The van der Waals surface area contributed by atoms with E-state index in [4.69, 9.17) is 5.11 Å². The fourth-order valence-electron chi connectivity index (χ4n) is 0.472. The molecule has 0 saturated heterocycles. The molecule has 0 rings (SSSR count). The number of carboxylic acids is 1. The van der Waals surface area contributed by atoms with Crippen LogP contribution in [0.4, 0.5) is 0 Å². The van der Waals surface area contributed by atoms with Crippen molar-refractivity contribution in [3.63, 3.8) is 0 Å². The first kappa shape index (κ1) is 8.07. The molecule has 0 radical (unpaired) electrons. The van der Waals surface area contributed by atoms with Crippen molar-refractivity contribution in [3.8, 4) is 0 Å². The monoisotopic (exact) mass is 131 g/mol. The van der Waals surface area contributed by atoms with Crippen LogP contribution in [0.3, 0.4) is 0 Å². The molecule has 0 saturated carbocycles. The maximum absolute atomic E-state index is 10.1. The lowest BCUT2D eigenvalue weighted by Gasteiger charge is -2.00. The lowest BCUT2D eigenvalue weighted by molar-refractivity contribution is -0.141. The molecule has 0 aliphatic rings. The van der Waals surface area contributed by atoms with Gasteiger partial charge in [-0.2, -0.15) is 4.91 Å². The summed E-state index contributed by atoms with van der Waals surface area (Å²) in [5.74, 6) is -1.54. The third-order valence-corrected chi connectivity index (χ3v) is 1.14. The van der Waals surface area contributed by atoms with Gasteiger partial charge >= 0.3 is 5.97 Å². The van der Waals surface area contributed by atoms with Gasteiger partial charge in [0.05, 0.1) is 12.5 Å². The second kappa shape index (κ2) is 4.00. The number of hydrogen-bond acceptors (Lipinski definition) is 3. The first-order valence-corrected chi connectivity index (χ1v) is 2.74. The fourth-order valence-corrected chi connectivity index (χ4v) is 0.472. The van der Waals surface area contributed by atoms with Gasteiger partial charge in [-0.05, 0) is 6.42 Å². The normalized spacial score (nSPS) is 12.6. The van der Waals surface area contributed by atoms with Crippen LogP contribution in [0.1, 0.15) is 13.3 Å². The van der Waals surface area contributed by atoms with Gasteiger partial charge in [0.15, 0.2) is 0 Å². The zero-order valence-electron chi connectivity index (χ0n) is 5.20. The Bertz CT molecular complexity index is 113. The Labute approximate surface area is 52.8 Å². The molecule has 0 aromatic carbocycles. The van der Waals surface area contributed by atoms with Crippen LogP contribution in [0.5, 0.6) is 0 Å². The second-order valence-electron chi connectivity index (χ2n) is 1.76. The summed E-state index contributed by atoms with van der Waals surface area (Å²) < 4.78 is 0. The Kier molecular flexibility index (Phi) is 3.59. The standard InChI is InChI=1S/C5H9NO3/c1-2-4(3-6-9)5(7)8/h4H,2-3H2,1H3,(H,7,8). The maximum atomic E-state index is 10.1. The average Bonchev–Trinajstić information content (AvgIpc) is 1.82. The smallest absolute Gasteiger partial charge is 0.308 e. The van der Waals surface area contributed by atoms with Crippen LogP contribution < -0.4 is 0 Å². The van der Waals surface area contributed by atoms with E-state index >= 15 is 0 Å². The van der Waals surface area contributed by atoms with Crippen LogP contribution in [-0.2, 0) is 4.79 Å². The topological polar surface area (TPSA) is 66.7 Å². The molecule has 0 spiro atoms. The highest BCUT2D eigenvalue weighted by atomic mass is 16.4. The molecule has 0 aromatic heterocycles. The van der Waals surface area contributed by atoms with Crippen LogP contribution in [0.2, 0.25) is 0 Å². The van der Waals surface area contributed by atoms with E-state index in [1.807, 2.05) is 0 Å². The summed E-state index contributed by atoms with van der Waals surface area (Å²) >= 11 is 0. The molecule has 1 N–H and O–H groups in total. The summed E-state index contributed by atoms with van der Waals surface area (Å²) in [5.41, 5.74) is 0. The van der Waals surface area contributed by atoms with Crippen LogP contribution in [0.25, 0.3) is 0 Å². The van der Waals surface area contributed by atoms with E-state index < -0.39 is 11.9 Å². The quantitative estimate of drug-likeness (QED) is 0.575. The van der Waals surface area contributed by atoms with Crippen molar-refractivity contribution in [1.82, 2.24) is 0 Å². The molecular weight excluding hydrogens is 122 g/mol. The van der Waals surface area contributed by atoms with Gasteiger partial charge in [-0.15, -0.1) is 0 Å². The number of nitrogens with zero attached hydrogens (tertiary/aromatic N) is 1. The van der Waals surface area contributed by atoms with E-state index in [9.17, 15) is 9.70 Å². The van der Waals surface area contributed by atoms with Crippen LogP contribution in [0, 0.1) is 10.8 Å². The molecule has 4 heteroatoms. The minimum Gasteiger partial charge on any atom is -0.481 e. The van der Waals surface area contributed by atoms with Crippen LogP contribution in [-0.4, -0.2) is 17.6 Å². The summed E-state index contributed by atoms with van der Waals surface area (Å²) in [6.45, 7) is 1.59. The lowest BCUT2D eigenvalue weighted by atomic mass is 10.1. The van der Waals surface area contributed by atoms with Gasteiger partial charge in [0.2, 0.25) is 0 Å². The molecule has 1 atom stereocenters. The second-order valence-corrected chi connectivity index (χ2v) is 1.76. The van der Waals surface area contributed by atoms with Gasteiger partial charge in [0.1, 0.15) is 0 Å². The van der Waals surface area contributed by atoms with E-state index in [2.05, 4.69) is 5.18 Å². The Morgan fingerprint density at radius 3 is 2.44 bits per heavy atom. The highest BCUT2D eigenvalue weighted by molar-refractivity contribution is 5.70. The van der Waals surface area contributed by atoms with Crippen molar-refractivity contribution >= 4 is 5.97 Å². The third-order valence-electron chi connectivity index (χ3n) is 1.14. The SMILES string of the molecule is CCC(CN=O)C(=O)O. The summed E-state index contributed by atoms with van der Waals surface area (Å²) in [6.07, 6.45) is 0.459. The van der Waals surface area contributed by atoms with E-state index in [1.54, 1.807) is 6.92 Å². The molecule has 0 fully saturated rings. The minimum atomic E-state index is -0.947. The van der Waals surface area contributed by atoms with Crippen molar-refractivity contribution in [1.29, 1.82) is 0 Å². The van der Waals surface area contributed by atoms with Gasteiger partial charge < -0.3 is 5.11 Å². The van der Waals surface area contributed by atoms with Crippen molar-refractivity contribution in [2.45, 2.75) is 13.3 Å². The highest BCUT2D eigenvalue weighted by Gasteiger charge is 2.13. The fraction of sp³-hybridized carbons (Fsp3) is 0.800. The molecule has 0 aliphatic heterocycles. The summed E-state index contributed by atoms with van der Waals surface area (Å²) in [7, 11) is 0. The Balaban J connectivity index is 3.67. The minimum absolute atomic E-state index is 0.119. The van der Waals surface area contributed by atoms with Gasteiger partial charge in [-0.3, -0.25) is 4.79 Å². The Hall–Kier alpha value is -0.930. The predicted molar refractivity (Wildman–Crippen MR) is 32.1 cm³/mol. The Morgan fingerprint density at radius 1 is 1.78 bits per heavy atom. The van der Waals surface area contributed by atoms with E-state index in [-0.39, 0.29) is 6.54 Å². The molecule has 0 aliphatic carbocycles. The molecule has 0 heterocycles. The highest BCUT2D eigenvalue weighted by Crippen LogP contribution is 2.01. The molecule has 0 amide bonds. The number of carboxylic acid groups (broad SMARTS) is 1. The third kappa shape index (κ3) is 2.79. The van der Waals surface area contributed by atoms with Crippen LogP contribution >= 0.6 is 0 Å². The average molecular weight is 131 g/mol. The Morgan fingerprint density at radius 2 is 2.33 bits per heavy atom. The number of nitroso groups, excluding NO2 is 1. The summed E-state index contributed by atoms with van der Waals surface area (Å²) in [4.78, 5) is 19.7. The zero-order chi connectivity index (χ0) is 7.28. The van der Waals surface area contributed by atoms with Crippen molar-refractivity contribution in [2.75, 3.05) is 6.54 Å². The molecule has 52 valence electrons. The summed E-state index contributed by atoms with van der Waals surface area (Å²) in [5, 5.41) is 10.8. The first-order valence-electron chi connectivity index (χ1n) is 2.74. The molecule has 1 unspecified atom stereocenters. The largest absolute Gasteiger partial charge is 0.481 e. The molecule has 4 nitrogen and oxygen atoms in total. The zero-order valence-corrected chi connectivity index (χ0v) is 5.20. The maximum Gasteiger partial charge on any atom is 0.308 e. The predicted octanol–water partition coefficient (Wildman–Crippen LogP) is 0.864. The van der Waals surface area contributed by atoms with Gasteiger partial charge in [-0.1, -0.05) is 12.1 Å². The van der Waals surface area contributed by atoms with E-state index in [0.717, 1.165) is 0 Å². The van der Waals surface area contributed by atoms with Gasteiger partial charge in [0, 0.05) is 0 Å².